The topological polar surface area (TPSA) is 18.5 Å². The Labute approximate surface area is 131 Å². The summed E-state index contributed by atoms with van der Waals surface area (Å²) in [6, 6.07) is 15.3. The molecule has 2 aliphatic heterocycles. The molecule has 2 aromatic rings. The summed E-state index contributed by atoms with van der Waals surface area (Å²) in [6.07, 6.45) is 4.23. The average molecular weight is 291 g/mol. The zero-order valence-electron chi connectivity index (χ0n) is 13.3. The average Bonchev–Trinajstić information content (AvgIpc) is 2.93. The van der Waals surface area contributed by atoms with Crippen LogP contribution in [0.2, 0.25) is 0 Å². The van der Waals surface area contributed by atoms with Gasteiger partial charge in [0.2, 0.25) is 0 Å². The smallest absolute Gasteiger partial charge is 0.0938 e. The largest absolute Gasteiger partial charge is 0.361 e. The highest BCUT2D eigenvalue weighted by molar-refractivity contribution is 5.78. The highest BCUT2D eigenvalue weighted by Crippen LogP contribution is 2.46. The fourth-order valence-electron chi connectivity index (χ4n) is 3.48. The zero-order chi connectivity index (χ0) is 15.3. The fourth-order valence-corrected chi connectivity index (χ4v) is 3.48. The molecular formula is C19H21N3. The predicted octanol–water partition coefficient (Wildman–Crippen LogP) is 4.25. The summed E-state index contributed by atoms with van der Waals surface area (Å²) in [5, 5.41) is 3.61. The lowest BCUT2D eigenvalue weighted by Gasteiger charge is -2.36. The molecule has 0 aromatic heterocycles. The monoisotopic (exact) mass is 291 g/mol. The molecule has 0 spiro atoms. The molecular weight excluding hydrogens is 270 g/mol. The Kier molecular flexibility index (Phi) is 2.73. The molecule has 3 nitrogen and oxygen atoms in total. The van der Waals surface area contributed by atoms with Crippen LogP contribution in [-0.2, 0) is 5.41 Å². The van der Waals surface area contributed by atoms with E-state index in [1.807, 2.05) is 0 Å². The van der Waals surface area contributed by atoms with Gasteiger partial charge in [0.1, 0.15) is 0 Å². The molecule has 3 heteroatoms. The molecule has 0 bridgehead atoms. The first-order chi connectivity index (χ1) is 10.6. The zero-order valence-corrected chi connectivity index (χ0v) is 13.3. The Morgan fingerprint density at radius 2 is 1.73 bits per heavy atom. The van der Waals surface area contributed by atoms with Gasteiger partial charge in [-0.3, -0.25) is 0 Å². The van der Waals surface area contributed by atoms with Crippen LogP contribution in [0.25, 0.3) is 0 Å². The Balaban J connectivity index is 1.78. The standard InChI is InChI=1S/C19H21N3/c1-19(2)15-6-4-5-7-17(15)20-18-12-14(8-9-16(18)19)22-11-10-21(3)13-22/h4-12,20H,13H2,1-3H3. The Hall–Kier alpha value is -2.42. The lowest BCUT2D eigenvalue weighted by Crippen LogP contribution is -2.27. The van der Waals surface area contributed by atoms with E-state index in [-0.39, 0.29) is 5.41 Å². The second-order valence-electron chi connectivity index (χ2n) is 6.69. The molecule has 0 atom stereocenters. The minimum absolute atomic E-state index is 0.0212. The van der Waals surface area contributed by atoms with Crippen molar-refractivity contribution in [3.05, 3.63) is 66.0 Å². The number of fused-ring (bicyclic) bond motifs is 2. The molecule has 2 heterocycles. The van der Waals surface area contributed by atoms with Crippen molar-refractivity contribution in [1.29, 1.82) is 0 Å². The summed E-state index contributed by atoms with van der Waals surface area (Å²) in [7, 11) is 2.09. The minimum atomic E-state index is 0.0212. The maximum absolute atomic E-state index is 3.61. The highest BCUT2D eigenvalue weighted by Gasteiger charge is 2.32. The number of nitrogens with zero attached hydrogens (tertiary/aromatic N) is 2. The lowest BCUT2D eigenvalue weighted by molar-refractivity contribution is 0.495. The Bertz CT molecular complexity index is 761. The van der Waals surface area contributed by atoms with E-state index in [0.717, 1.165) is 6.67 Å². The van der Waals surface area contributed by atoms with Crippen molar-refractivity contribution in [2.45, 2.75) is 19.3 Å². The molecule has 22 heavy (non-hydrogen) atoms. The maximum atomic E-state index is 3.61. The van der Waals surface area contributed by atoms with Crippen molar-refractivity contribution in [3.63, 3.8) is 0 Å². The molecule has 1 N–H and O–H groups in total. The van der Waals surface area contributed by atoms with Gasteiger partial charge in [0.05, 0.1) is 6.67 Å². The number of anilines is 3. The van der Waals surface area contributed by atoms with Crippen LogP contribution in [0.1, 0.15) is 25.0 Å². The van der Waals surface area contributed by atoms with Crippen LogP contribution < -0.4 is 10.2 Å². The molecule has 0 saturated heterocycles. The Morgan fingerprint density at radius 3 is 2.50 bits per heavy atom. The van der Waals surface area contributed by atoms with Crippen LogP contribution in [0.5, 0.6) is 0 Å². The predicted molar refractivity (Wildman–Crippen MR) is 92.5 cm³/mol. The molecule has 2 aliphatic rings. The first-order valence-corrected chi connectivity index (χ1v) is 7.72. The molecule has 0 radical (unpaired) electrons. The maximum Gasteiger partial charge on any atom is 0.0938 e. The van der Waals surface area contributed by atoms with Crippen LogP contribution in [0.3, 0.4) is 0 Å². The van der Waals surface area contributed by atoms with Gasteiger partial charge >= 0.3 is 0 Å². The number of benzene rings is 2. The van der Waals surface area contributed by atoms with E-state index in [1.54, 1.807) is 0 Å². The van der Waals surface area contributed by atoms with Crippen LogP contribution >= 0.6 is 0 Å². The summed E-state index contributed by atoms with van der Waals surface area (Å²) in [4.78, 5) is 4.43. The Morgan fingerprint density at radius 1 is 0.955 bits per heavy atom. The first kappa shape index (κ1) is 13.3. The molecule has 112 valence electrons. The summed E-state index contributed by atoms with van der Waals surface area (Å²) >= 11 is 0. The number of para-hydroxylation sites is 1. The summed E-state index contributed by atoms with van der Waals surface area (Å²) in [5.74, 6) is 0. The molecule has 0 amide bonds. The number of hydrogen-bond acceptors (Lipinski definition) is 3. The van der Waals surface area contributed by atoms with E-state index >= 15 is 0 Å². The minimum Gasteiger partial charge on any atom is -0.361 e. The fraction of sp³-hybridized carbons (Fsp3) is 0.263. The van der Waals surface area contributed by atoms with Crippen molar-refractivity contribution in [2.24, 2.45) is 0 Å². The summed E-state index contributed by atoms with van der Waals surface area (Å²) in [5.41, 5.74) is 6.38. The van der Waals surface area contributed by atoms with E-state index < -0.39 is 0 Å². The quantitative estimate of drug-likeness (QED) is 0.847. The van der Waals surface area contributed by atoms with Crippen molar-refractivity contribution in [2.75, 3.05) is 23.9 Å². The van der Waals surface area contributed by atoms with Crippen molar-refractivity contribution < 1.29 is 0 Å². The molecule has 4 rings (SSSR count). The van der Waals surface area contributed by atoms with E-state index in [0.29, 0.717) is 0 Å². The van der Waals surface area contributed by atoms with Gasteiger partial charge in [-0.25, -0.2) is 0 Å². The second-order valence-corrected chi connectivity index (χ2v) is 6.69. The third-order valence-electron chi connectivity index (χ3n) is 4.75. The van der Waals surface area contributed by atoms with Gasteiger partial charge < -0.3 is 15.1 Å². The third-order valence-corrected chi connectivity index (χ3v) is 4.75. The summed E-state index contributed by atoms with van der Waals surface area (Å²) in [6.45, 7) is 5.50. The van der Waals surface area contributed by atoms with Crippen molar-refractivity contribution >= 4 is 17.1 Å². The van der Waals surface area contributed by atoms with Crippen LogP contribution in [0, 0.1) is 0 Å². The van der Waals surface area contributed by atoms with Gasteiger partial charge in [0.25, 0.3) is 0 Å². The van der Waals surface area contributed by atoms with E-state index in [2.05, 4.69) is 90.9 Å². The molecule has 0 fully saturated rings. The van der Waals surface area contributed by atoms with Gasteiger partial charge in [-0.2, -0.15) is 0 Å². The number of rotatable bonds is 1. The van der Waals surface area contributed by atoms with E-state index in [4.69, 9.17) is 0 Å². The van der Waals surface area contributed by atoms with Crippen LogP contribution in [0.15, 0.2) is 54.9 Å². The molecule has 0 saturated carbocycles. The summed E-state index contributed by atoms with van der Waals surface area (Å²) < 4.78 is 0. The van der Waals surface area contributed by atoms with E-state index in [1.165, 1.54) is 28.2 Å². The molecule has 0 aliphatic carbocycles. The van der Waals surface area contributed by atoms with Gasteiger partial charge in [0, 0.05) is 41.9 Å². The van der Waals surface area contributed by atoms with Crippen LogP contribution in [-0.4, -0.2) is 18.6 Å². The SMILES string of the molecule is CN1C=CN(c2ccc3c(c2)Nc2ccccc2C3(C)C)C1. The molecule has 0 unspecified atom stereocenters. The lowest BCUT2D eigenvalue weighted by atomic mass is 9.74. The number of nitrogens with one attached hydrogen (secondary N) is 1. The number of hydrogen-bond donors (Lipinski definition) is 1. The van der Waals surface area contributed by atoms with Gasteiger partial charge in [-0.1, -0.05) is 38.1 Å². The van der Waals surface area contributed by atoms with Gasteiger partial charge in [0.15, 0.2) is 0 Å². The van der Waals surface area contributed by atoms with Crippen LogP contribution in [0.4, 0.5) is 17.1 Å². The van der Waals surface area contributed by atoms with E-state index in [9.17, 15) is 0 Å². The second kappa shape index (κ2) is 4.54. The third kappa shape index (κ3) is 1.89. The molecule has 2 aromatic carbocycles. The van der Waals surface area contributed by atoms with Crippen molar-refractivity contribution in [1.82, 2.24) is 4.90 Å². The van der Waals surface area contributed by atoms with Gasteiger partial charge in [-0.15, -0.1) is 0 Å². The normalized spacial score (nSPS) is 18.0. The first-order valence-electron chi connectivity index (χ1n) is 7.72. The van der Waals surface area contributed by atoms with Gasteiger partial charge in [-0.05, 0) is 29.3 Å². The van der Waals surface area contributed by atoms with Crippen molar-refractivity contribution in [3.8, 4) is 0 Å². The highest BCUT2D eigenvalue weighted by atomic mass is 15.3.